The number of hydrogen-bond acceptors (Lipinski definition) is 5. The fourth-order valence-electron chi connectivity index (χ4n) is 2.41. The average molecular weight is 317 g/mol. The lowest BCUT2D eigenvalue weighted by Gasteiger charge is -2.17. The lowest BCUT2D eigenvalue weighted by Crippen LogP contribution is -2.18. The summed E-state index contributed by atoms with van der Waals surface area (Å²) in [5.74, 6) is 0. The first kappa shape index (κ1) is 17.1. The van der Waals surface area contributed by atoms with Gasteiger partial charge >= 0.3 is 0 Å². The van der Waals surface area contributed by atoms with Crippen molar-refractivity contribution < 1.29 is 9.76 Å². The molecule has 0 aromatic heterocycles. The molecule has 1 saturated carbocycles. The summed E-state index contributed by atoms with van der Waals surface area (Å²) in [6.07, 6.45) is 6.19. The molecule has 23 heavy (non-hydrogen) atoms. The topological polar surface area (TPSA) is 68.0 Å². The molecule has 0 aliphatic heterocycles. The van der Waals surface area contributed by atoms with Crippen LogP contribution in [0.5, 0.6) is 0 Å². The summed E-state index contributed by atoms with van der Waals surface area (Å²) < 4.78 is 0. The fourth-order valence-corrected chi connectivity index (χ4v) is 2.41. The lowest BCUT2D eigenvalue weighted by molar-refractivity contribution is -0.384. The molecule has 0 amide bonds. The van der Waals surface area contributed by atoms with E-state index in [9.17, 15) is 10.1 Å². The van der Waals surface area contributed by atoms with Gasteiger partial charge in [0.25, 0.3) is 5.69 Å². The maximum absolute atomic E-state index is 10.7. The molecular weight excluding hydrogens is 294 g/mol. The van der Waals surface area contributed by atoms with Crippen LogP contribution in [0.25, 0.3) is 6.08 Å². The molecule has 0 radical (unpaired) electrons. The third kappa shape index (κ3) is 5.49. The predicted molar refractivity (Wildman–Crippen MR) is 91.5 cm³/mol. The van der Waals surface area contributed by atoms with Gasteiger partial charge in [0.05, 0.1) is 10.6 Å². The summed E-state index contributed by atoms with van der Waals surface area (Å²) in [7, 11) is 3.99. The molecule has 0 bridgehead atoms. The summed E-state index contributed by atoms with van der Waals surface area (Å²) in [6.45, 7) is 1.40. The van der Waals surface area contributed by atoms with Crippen LogP contribution in [0.3, 0.4) is 0 Å². The molecule has 0 heterocycles. The van der Waals surface area contributed by atoms with E-state index in [0.717, 1.165) is 49.1 Å². The zero-order chi connectivity index (χ0) is 16.7. The van der Waals surface area contributed by atoms with Gasteiger partial charge in [0.15, 0.2) is 0 Å². The number of nitro groups is 1. The monoisotopic (exact) mass is 317 g/mol. The first-order chi connectivity index (χ1) is 11.1. The second-order valence-electron chi connectivity index (χ2n) is 5.90. The van der Waals surface area contributed by atoms with E-state index in [1.165, 1.54) is 12.1 Å². The third-order valence-corrected chi connectivity index (χ3v) is 3.73. The number of non-ortho nitro benzene ring substituents is 1. The first-order valence-electron chi connectivity index (χ1n) is 7.85. The second-order valence-corrected chi connectivity index (χ2v) is 5.90. The van der Waals surface area contributed by atoms with Gasteiger partial charge in [0, 0.05) is 18.7 Å². The number of nitro benzene ring substituents is 1. The van der Waals surface area contributed by atoms with E-state index in [4.69, 9.17) is 4.84 Å². The molecule has 124 valence electrons. The van der Waals surface area contributed by atoms with Gasteiger partial charge in [-0.15, -0.1) is 0 Å². The number of rotatable bonds is 6. The Morgan fingerprint density at radius 2 is 1.96 bits per heavy atom. The molecule has 0 unspecified atom stereocenters. The van der Waals surface area contributed by atoms with Crippen molar-refractivity contribution in [3.63, 3.8) is 0 Å². The zero-order valence-corrected chi connectivity index (χ0v) is 13.7. The van der Waals surface area contributed by atoms with E-state index in [2.05, 4.69) is 16.1 Å². The number of hydrogen-bond donors (Lipinski definition) is 0. The predicted octanol–water partition coefficient (Wildman–Crippen LogP) is 3.49. The molecule has 1 aromatic carbocycles. The van der Waals surface area contributed by atoms with Gasteiger partial charge in [-0.2, -0.15) is 0 Å². The van der Waals surface area contributed by atoms with Crippen molar-refractivity contribution >= 4 is 17.5 Å². The van der Waals surface area contributed by atoms with E-state index in [1.807, 2.05) is 14.1 Å². The Bertz CT molecular complexity index is 592. The fraction of sp³-hybridized carbons (Fsp3) is 0.471. The van der Waals surface area contributed by atoms with E-state index in [0.29, 0.717) is 6.61 Å². The van der Waals surface area contributed by atoms with Gasteiger partial charge in [-0.05, 0) is 69.1 Å². The Kier molecular flexibility index (Phi) is 6.29. The molecule has 6 nitrogen and oxygen atoms in total. The average Bonchev–Trinajstić information content (AvgIpc) is 2.53. The van der Waals surface area contributed by atoms with Crippen LogP contribution in [0, 0.1) is 10.1 Å². The Labute approximate surface area is 136 Å². The van der Waals surface area contributed by atoms with Crippen molar-refractivity contribution in [3.05, 3.63) is 45.5 Å². The molecule has 0 spiro atoms. The lowest BCUT2D eigenvalue weighted by atomic mass is 9.91. The molecule has 1 fully saturated rings. The van der Waals surface area contributed by atoms with Crippen molar-refractivity contribution in [2.45, 2.75) is 25.7 Å². The van der Waals surface area contributed by atoms with E-state index in [-0.39, 0.29) is 10.6 Å². The molecule has 1 aromatic rings. The number of nitrogens with zero attached hydrogens (tertiary/aromatic N) is 3. The largest absolute Gasteiger partial charge is 0.394 e. The minimum Gasteiger partial charge on any atom is -0.394 e. The maximum atomic E-state index is 10.7. The van der Waals surface area contributed by atoms with Crippen LogP contribution in [-0.4, -0.2) is 42.8 Å². The van der Waals surface area contributed by atoms with Crippen LogP contribution in [0.1, 0.15) is 31.2 Å². The van der Waals surface area contributed by atoms with Crippen LogP contribution in [0.15, 0.2) is 35.0 Å². The Hall–Kier alpha value is -2.21. The molecule has 0 N–H and O–H groups in total. The Morgan fingerprint density at radius 3 is 2.61 bits per heavy atom. The van der Waals surface area contributed by atoms with Crippen molar-refractivity contribution in [2.24, 2.45) is 5.16 Å². The number of oxime groups is 1. The molecule has 0 saturated heterocycles. The summed E-state index contributed by atoms with van der Waals surface area (Å²) in [4.78, 5) is 17.8. The molecule has 1 aliphatic carbocycles. The zero-order valence-electron chi connectivity index (χ0n) is 13.7. The second kappa shape index (κ2) is 8.43. The highest BCUT2D eigenvalue weighted by molar-refractivity contribution is 6.04. The van der Waals surface area contributed by atoms with Gasteiger partial charge in [0.1, 0.15) is 6.61 Å². The highest BCUT2D eigenvalue weighted by Gasteiger charge is 2.14. The smallest absolute Gasteiger partial charge is 0.269 e. The van der Waals surface area contributed by atoms with Crippen molar-refractivity contribution in [3.8, 4) is 0 Å². The molecule has 1 aliphatic rings. The highest BCUT2D eigenvalue weighted by atomic mass is 16.6. The number of benzene rings is 1. The SMILES string of the molecule is CN(C)CCON=C1CCCCC1=Cc1ccc([N+](=O)[O-])cc1. The van der Waals surface area contributed by atoms with E-state index in [1.54, 1.807) is 12.1 Å². The van der Waals surface area contributed by atoms with Crippen molar-refractivity contribution in [1.82, 2.24) is 4.90 Å². The molecular formula is C17H23N3O3. The minimum atomic E-state index is -0.386. The maximum Gasteiger partial charge on any atom is 0.269 e. The quantitative estimate of drug-likeness (QED) is 0.457. The van der Waals surface area contributed by atoms with Gasteiger partial charge < -0.3 is 9.74 Å². The van der Waals surface area contributed by atoms with Gasteiger partial charge in [0.2, 0.25) is 0 Å². The Balaban J connectivity index is 2.07. The third-order valence-electron chi connectivity index (χ3n) is 3.73. The van der Waals surface area contributed by atoms with Crippen molar-refractivity contribution in [2.75, 3.05) is 27.2 Å². The summed E-state index contributed by atoms with van der Waals surface area (Å²) >= 11 is 0. The molecule has 6 heteroatoms. The Morgan fingerprint density at radius 1 is 1.26 bits per heavy atom. The van der Waals surface area contributed by atoms with Crippen LogP contribution in [0.2, 0.25) is 0 Å². The van der Waals surface area contributed by atoms with Crippen LogP contribution < -0.4 is 0 Å². The highest BCUT2D eigenvalue weighted by Crippen LogP contribution is 2.24. The van der Waals surface area contributed by atoms with Crippen LogP contribution in [-0.2, 0) is 4.84 Å². The molecule has 0 atom stereocenters. The summed E-state index contributed by atoms with van der Waals surface area (Å²) in [6, 6.07) is 6.59. The standard InChI is InChI=1S/C17H23N3O3/c1-19(2)11-12-23-18-17-6-4-3-5-15(17)13-14-7-9-16(10-8-14)20(21)22/h7-10,13H,3-6,11-12H2,1-2H3. The van der Waals surface area contributed by atoms with Gasteiger partial charge in [-0.25, -0.2) is 0 Å². The summed E-state index contributed by atoms with van der Waals surface area (Å²) in [5.41, 5.74) is 3.22. The van der Waals surface area contributed by atoms with Crippen LogP contribution in [0.4, 0.5) is 5.69 Å². The normalized spacial score (nSPS) is 18.6. The van der Waals surface area contributed by atoms with Gasteiger partial charge in [-0.3, -0.25) is 10.1 Å². The van der Waals surface area contributed by atoms with E-state index >= 15 is 0 Å². The minimum absolute atomic E-state index is 0.108. The van der Waals surface area contributed by atoms with Crippen molar-refractivity contribution in [1.29, 1.82) is 0 Å². The number of likely N-dealkylation sites (N-methyl/N-ethyl adjacent to an activating group) is 1. The summed E-state index contributed by atoms with van der Waals surface area (Å²) in [5, 5.41) is 15.0. The molecule has 2 rings (SSSR count). The first-order valence-corrected chi connectivity index (χ1v) is 7.85. The number of allylic oxidation sites excluding steroid dienone is 1. The van der Waals surface area contributed by atoms with Gasteiger partial charge in [-0.1, -0.05) is 5.16 Å². The van der Waals surface area contributed by atoms with E-state index < -0.39 is 0 Å². The van der Waals surface area contributed by atoms with Crippen LogP contribution >= 0.6 is 0 Å².